The van der Waals surface area contributed by atoms with E-state index < -0.39 is 5.67 Å². The molecule has 1 aliphatic heterocycles. The van der Waals surface area contributed by atoms with Crippen molar-refractivity contribution in [1.82, 2.24) is 10.2 Å². The molecule has 3 unspecified atom stereocenters. The van der Waals surface area contributed by atoms with Crippen LogP contribution in [0, 0.1) is 5.92 Å². The quantitative estimate of drug-likeness (QED) is 0.743. The lowest BCUT2D eigenvalue weighted by Gasteiger charge is -2.37. The molecule has 0 amide bonds. The van der Waals surface area contributed by atoms with E-state index >= 15 is 4.39 Å². The number of nitrogens with zero attached hydrogens (tertiary/aromatic N) is 1. The first-order valence-electron chi connectivity index (χ1n) is 8.08. The molecule has 1 fully saturated rings. The summed E-state index contributed by atoms with van der Waals surface area (Å²) in [5, 5.41) is 3.10. The van der Waals surface area contributed by atoms with Crippen molar-refractivity contribution < 1.29 is 4.39 Å². The van der Waals surface area contributed by atoms with E-state index in [2.05, 4.69) is 38.6 Å². The molecule has 0 aromatic carbocycles. The molecule has 0 saturated heterocycles. The molecule has 0 aromatic rings. The summed E-state index contributed by atoms with van der Waals surface area (Å²) in [5.41, 5.74) is 0.278. The van der Waals surface area contributed by atoms with Gasteiger partial charge in [0.2, 0.25) is 0 Å². The van der Waals surface area contributed by atoms with Crippen LogP contribution < -0.4 is 5.32 Å². The Kier molecular flexibility index (Phi) is 5.17. The van der Waals surface area contributed by atoms with E-state index in [1.165, 1.54) is 0 Å². The third kappa shape index (κ3) is 3.81. The molecule has 2 nitrogen and oxygen atoms in total. The van der Waals surface area contributed by atoms with Crippen LogP contribution in [0.3, 0.4) is 0 Å². The van der Waals surface area contributed by atoms with Gasteiger partial charge in [-0.15, -0.1) is 0 Å². The zero-order valence-corrected chi connectivity index (χ0v) is 15.0. The van der Waals surface area contributed by atoms with Gasteiger partial charge < -0.3 is 10.2 Å². The maximum atomic E-state index is 15.1. The van der Waals surface area contributed by atoms with Gasteiger partial charge in [0.25, 0.3) is 0 Å². The van der Waals surface area contributed by atoms with Crippen molar-refractivity contribution in [1.29, 1.82) is 0 Å². The van der Waals surface area contributed by atoms with Crippen LogP contribution in [0.1, 0.15) is 40.0 Å². The van der Waals surface area contributed by atoms with Crippen molar-refractivity contribution in [3.63, 3.8) is 0 Å². The van der Waals surface area contributed by atoms with Crippen molar-refractivity contribution >= 4 is 13.8 Å². The van der Waals surface area contributed by atoms with E-state index in [4.69, 9.17) is 0 Å². The van der Waals surface area contributed by atoms with E-state index in [1.807, 2.05) is 17.2 Å². The smallest absolute Gasteiger partial charge is 0.129 e. The Morgan fingerprint density at radius 1 is 1.50 bits per heavy atom. The minimum atomic E-state index is -1.18. The third-order valence-corrected chi connectivity index (χ3v) is 7.18. The summed E-state index contributed by atoms with van der Waals surface area (Å²) in [4.78, 5) is 1.95. The summed E-state index contributed by atoms with van der Waals surface area (Å²) in [5.74, 6) is 1.17. The normalized spacial score (nSPS) is 32.6. The highest BCUT2D eigenvalue weighted by Crippen LogP contribution is 2.44. The van der Waals surface area contributed by atoms with Crippen LogP contribution in [0.4, 0.5) is 4.39 Å². The lowest BCUT2D eigenvalue weighted by Crippen LogP contribution is -2.45. The lowest BCUT2D eigenvalue weighted by atomic mass is 10.0. The predicted molar refractivity (Wildman–Crippen MR) is 97.1 cm³/mol. The second-order valence-electron chi connectivity index (χ2n) is 7.11. The fourth-order valence-electron chi connectivity index (χ4n) is 3.42. The minimum absolute atomic E-state index is 0.142. The molecular formula is C18H29FN2P+. The molecule has 1 saturated carbocycles. The maximum absolute atomic E-state index is 15.1. The SMILES string of the molecule is C=C1C=CN(C2CC(CC[P+](=C)C(C)C)C[C@@]2(C)F)C(=C)N1. The Hall–Kier alpha value is -1.08. The van der Waals surface area contributed by atoms with Crippen molar-refractivity contribution in [2.45, 2.75) is 57.4 Å². The average Bonchev–Trinajstić information content (AvgIpc) is 2.71. The van der Waals surface area contributed by atoms with Gasteiger partial charge in [0.1, 0.15) is 23.3 Å². The first-order chi connectivity index (χ1) is 10.2. The Bertz CT molecular complexity index is 507. The van der Waals surface area contributed by atoms with E-state index in [-0.39, 0.29) is 13.6 Å². The number of hydrogen-bond donors (Lipinski definition) is 1. The second kappa shape index (κ2) is 6.58. The molecule has 4 heteroatoms. The summed E-state index contributed by atoms with van der Waals surface area (Å²) in [6.07, 6.45) is 11.8. The van der Waals surface area contributed by atoms with Crippen LogP contribution in [0.2, 0.25) is 0 Å². The summed E-state index contributed by atoms with van der Waals surface area (Å²) in [6.45, 7) is 14.1. The molecule has 2 aliphatic rings. The van der Waals surface area contributed by atoms with Gasteiger partial charge >= 0.3 is 0 Å². The second-order valence-corrected chi connectivity index (χ2v) is 9.77. The minimum Gasteiger partial charge on any atom is -0.343 e. The molecule has 0 aromatic heterocycles. The fourth-order valence-corrected chi connectivity index (χ4v) is 4.63. The Morgan fingerprint density at radius 3 is 2.77 bits per heavy atom. The van der Waals surface area contributed by atoms with Gasteiger partial charge in [0.15, 0.2) is 0 Å². The van der Waals surface area contributed by atoms with E-state index in [1.54, 1.807) is 6.92 Å². The van der Waals surface area contributed by atoms with Crippen molar-refractivity contribution in [2.75, 3.05) is 6.16 Å². The van der Waals surface area contributed by atoms with Crippen molar-refractivity contribution in [3.8, 4) is 0 Å². The van der Waals surface area contributed by atoms with E-state index in [9.17, 15) is 0 Å². The molecule has 0 radical (unpaired) electrons. The van der Waals surface area contributed by atoms with Gasteiger partial charge in [0.05, 0.1) is 19.9 Å². The molecule has 1 aliphatic carbocycles. The Balaban J connectivity index is 2.01. The maximum Gasteiger partial charge on any atom is 0.129 e. The predicted octanol–water partition coefficient (Wildman–Crippen LogP) is 4.61. The molecule has 122 valence electrons. The standard InChI is InChI=1S/C18H29FN2P/c1-13(2)22(6)10-8-16-11-17(18(5,19)12-16)21-9-7-14(3)20-15(21)4/h7,9,13,16-17,20H,3-4,6,8,10-12H2,1-2,5H3/q+1/t16?,17?,18-/m1/s1. The molecule has 1 N–H and O–H groups in total. The van der Waals surface area contributed by atoms with Crippen LogP contribution >= 0.6 is 7.55 Å². The van der Waals surface area contributed by atoms with Crippen molar-refractivity contribution in [2.24, 2.45) is 5.92 Å². The molecule has 4 atom stereocenters. The van der Waals surface area contributed by atoms with Gasteiger partial charge in [-0.3, -0.25) is 0 Å². The van der Waals surface area contributed by atoms with Crippen LogP contribution in [-0.4, -0.2) is 34.7 Å². The largest absolute Gasteiger partial charge is 0.343 e. The van der Waals surface area contributed by atoms with E-state index in [0.717, 1.165) is 30.5 Å². The summed E-state index contributed by atoms with van der Waals surface area (Å²) < 4.78 is 15.1. The molecule has 1 heterocycles. The Labute approximate surface area is 135 Å². The highest BCUT2D eigenvalue weighted by atomic mass is 31.1. The molecule has 0 bridgehead atoms. The van der Waals surface area contributed by atoms with Crippen LogP contribution in [-0.2, 0) is 0 Å². The molecule has 0 spiro atoms. The fraction of sp³-hybridized carbons (Fsp3) is 0.611. The molecular weight excluding hydrogens is 294 g/mol. The molecule has 2 rings (SSSR count). The van der Waals surface area contributed by atoms with Gasteiger partial charge in [-0.2, -0.15) is 0 Å². The van der Waals surface area contributed by atoms with E-state index in [0.29, 0.717) is 18.0 Å². The van der Waals surface area contributed by atoms with Crippen LogP contribution in [0.5, 0.6) is 0 Å². The van der Waals surface area contributed by atoms with Gasteiger partial charge in [0, 0.05) is 11.9 Å². The number of hydrogen-bond acceptors (Lipinski definition) is 2. The zero-order chi connectivity index (χ0) is 16.5. The first kappa shape index (κ1) is 17.3. The number of nitrogens with one attached hydrogen (secondary N) is 1. The number of allylic oxidation sites excluding steroid dienone is 1. The van der Waals surface area contributed by atoms with Crippen LogP contribution in [0.15, 0.2) is 37.0 Å². The van der Waals surface area contributed by atoms with Crippen LogP contribution in [0.25, 0.3) is 0 Å². The van der Waals surface area contributed by atoms with Gasteiger partial charge in [-0.1, -0.05) is 13.2 Å². The highest BCUT2D eigenvalue weighted by molar-refractivity contribution is 7.56. The van der Waals surface area contributed by atoms with Crippen molar-refractivity contribution in [3.05, 3.63) is 37.0 Å². The third-order valence-electron chi connectivity index (χ3n) is 4.88. The highest BCUT2D eigenvalue weighted by Gasteiger charge is 2.47. The summed E-state index contributed by atoms with van der Waals surface area (Å²) in [7, 11) is -0.172. The number of halogens is 1. The average molecular weight is 323 g/mol. The van der Waals surface area contributed by atoms with Gasteiger partial charge in [-0.25, -0.2) is 4.39 Å². The first-order valence-corrected chi connectivity index (χ1v) is 9.86. The number of rotatable bonds is 5. The number of alkyl halides is 1. The zero-order valence-electron chi connectivity index (χ0n) is 14.1. The summed E-state index contributed by atoms with van der Waals surface area (Å²) >= 11 is 0. The summed E-state index contributed by atoms with van der Waals surface area (Å²) in [6, 6.07) is -0.142. The van der Waals surface area contributed by atoms with Gasteiger partial charge in [-0.05, 0) is 52.0 Å². The topological polar surface area (TPSA) is 15.3 Å². The monoisotopic (exact) mass is 323 g/mol. The molecule has 22 heavy (non-hydrogen) atoms. The lowest BCUT2D eigenvalue weighted by molar-refractivity contribution is 0.103. The Morgan fingerprint density at radius 2 is 2.18 bits per heavy atom.